The molecule has 5 heteroatoms. The zero-order valence-corrected chi connectivity index (χ0v) is 36.6. The minimum absolute atomic E-state index is 0.537. The molecule has 0 atom stereocenters. The predicted octanol–water partition coefficient (Wildman–Crippen LogP) is 16.7. The maximum atomic E-state index is 7.20. The highest BCUT2D eigenvalue weighted by molar-refractivity contribution is 6.25. The molecule has 0 saturated heterocycles. The number of benzene rings is 11. The first-order chi connectivity index (χ1) is 33.7. The van der Waals surface area contributed by atoms with E-state index in [1.807, 2.05) is 30.3 Å². The van der Waals surface area contributed by atoms with Gasteiger partial charge >= 0.3 is 0 Å². The molecule has 0 aliphatic heterocycles. The Kier molecular flexibility index (Phi) is 8.52. The van der Waals surface area contributed by atoms with Gasteiger partial charge in [0.05, 0.1) is 22.3 Å². The Bertz CT molecular complexity index is 4250. The lowest BCUT2D eigenvalue weighted by atomic mass is 9.96. The van der Waals surface area contributed by atoms with E-state index in [1.165, 1.54) is 37.8 Å². The lowest BCUT2D eigenvalue weighted by Crippen LogP contribution is -2.00. The number of nitrogens with zero attached hydrogens (tertiary/aromatic N) is 4. The molecule has 316 valence electrons. The van der Waals surface area contributed by atoms with Gasteiger partial charge < -0.3 is 8.98 Å². The van der Waals surface area contributed by atoms with Crippen molar-refractivity contribution in [3.8, 4) is 62.1 Å². The number of hydrogen-bond donors (Lipinski definition) is 0. The van der Waals surface area contributed by atoms with Gasteiger partial charge in [-0.3, -0.25) is 0 Å². The summed E-state index contributed by atoms with van der Waals surface area (Å²) in [6.45, 7) is 0. The molecule has 0 saturated carbocycles. The van der Waals surface area contributed by atoms with E-state index in [2.05, 4.69) is 205 Å². The number of fused-ring (bicyclic) bond motifs is 11. The maximum absolute atomic E-state index is 7.20. The lowest BCUT2D eigenvalue weighted by molar-refractivity contribution is 0.669. The fourth-order valence-corrected chi connectivity index (χ4v) is 10.4. The Morgan fingerprint density at radius 1 is 0.324 bits per heavy atom. The van der Waals surface area contributed by atoms with Crippen LogP contribution in [0.4, 0.5) is 0 Å². The van der Waals surface area contributed by atoms with Crippen LogP contribution in [0.3, 0.4) is 0 Å². The maximum Gasteiger partial charge on any atom is 0.167 e. The summed E-state index contributed by atoms with van der Waals surface area (Å²) in [5, 5.41) is 11.5. The standard InChI is InChI=1S/C63H38N4O/c1-4-17-39(18-5-1)45-33-46(40-19-6-2-7-20-40)35-47(34-45)62-64-61(42-22-8-3-9-23-42)65-63(66-62)53-30-16-29-52-58-50-28-15-14-27-49(50)56(38-57(58)68-60(52)53)67-55-37-44-25-11-10-24-43(44)36-54(55)51-32-31-41-21-12-13-26-48(41)59(51)67/h1-38H. The van der Waals surface area contributed by atoms with E-state index in [-0.39, 0.29) is 0 Å². The van der Waals surface area contributed by atoms with E-state index in [1.54, 1.807) is 0 Å². The fourth-order valence-electron chi connectivity index (χ4n) is 10.4. The number of hydrogen-bond acceptors (Lipinski definition) is 4. The van der Waals surface area contributed by atoms with Crippen molar-refractivity contribution in [2.24, 2.45) is 0 Å². The zero-order chi connectivity index (χ0) is 44.7. The first-order valence-electron chi connectivity index (χ1n) is 23.0. The van der Waals surface area contributed by atoms with Crippen LogP contribution in [-0.2, 0) is 0 Å². The third-order valence-corrected chi connectivity index (χ3v) is 13.6. The molecule has 0 aliphatic carbocycles. The van der Waals surface area contributed by atoms with Gasteiger partial charge in [0.2, 0.25) is 0 Å². The summed E-state index contributed by atoms with van der Waals surface area (Å²) < 4.78 is 9.66. The van der Waals surface area contributed by atoms with Crippen LogP contribution in [0.1, 0.15) is 0 Å². The van der Waals surface area contributed by atoms with Gasteiger partial charge in [-0.2, -0.15) is 0 Å². The number of para-hydroxylation sites is 1. The molecule has 14 rings (SSSR count). The van der Waals surface area contributed by atoms with Crippen molar-refractivity contribution >= 4 is 76.1 Å². The average molecular weight is 867 g/mol. The zero-order valence-electron chi connectivity index (χ0n) is 36.6. The molecule has 0 N–H and O–H groups in total. The van der Waals surface area contributed by atoms with Crippen LogP contribution in [0, 0.1) is 0 Å². The topological polar surface area (TPSA) is 56.7 Å². The van der Waals surface area contributed by atoms with Crippen molar-refractivity contribution in [1.29, 1.82) is 0 Å². The van der Waals surface area contributed by atoms with Crippen LogP contribution in [-0.4, -0.2) is 19.5 Å². The van der Waals surface area contributed by atoms with Crippen LogP contribution >= 0.6 is 0 Å². The third-order valence-electron chi connectivity index (χ3n) is 13.6. The van der Waals surface area contributed by atoms with E-state index < -0.39 is 0 Å². The summed E-state index contributed by atoms with van der Waals surface area (Å²) in [5.74, 6) is 1.70. The van der Waals surface area contributed by atoms with Gasteiger partial charge in [0.1, 0.15) is 11.2 Å². The molecule has 68 heavy (non-hydrogen) atoms. The van der Waals surface area contributed by atoms with Crippen molar-refractivity contribution in [2.45, 2.75) is 0 Å². The SMILES string of the molecule is c1ccc(-c2cc(-c3ccccc3)cc(-c3nc(-c4ccccc4)nc(-c4cccc5c4oc4cc(-n6c7cc8ccccc8cc7c7ccc8ccccc8c76)c6ccccc6c45)n3)c2)cc1. The van der Waals surface area contributed by atoms with Crippen LogP contribution in [0.25, 0.3) is 138 Å². The predicted molar refractivity (Wildman–Crippen MR) is 281 cm³/mol. The first-order valence-corrected chi connectivity index (χ1v) is 23.0. The van der Waals surface area contributed by atoms with Gasteiger partial charge in [0, 0.05) is 49.5 Å². The van der Waals surface area contributed by atoms with Crippen LogP contribution < -0.4 is 0 Å². The van der Waals surface area contributed by atoms with Crippen molar-refractivity contribution < 1.29 is 4.42 Å². The van der Waals surface area contributed by atoms with Crippen molar-refractivity contribution in [2.75, 3.05) is 0 Å². The number of aromatic nitrogens is 4. The van der Waals surface area contributed by atoms with Gasteiger partial charge in [-0.1, -0.05) is 188 Å². The van der Waals surface area contributed by atoms with Gasteiger partial charge in [-0.05, 0) is 80.2 Å². The molecular weight excluding hydrogens is 829 g/mol. The second-order valence-electron chi connectivity index (χ2n) is 17.5. The Morgan fingerprint density at radius 3 is 1.57 bits per heavy atom. The minimum atomic E-state index is 0.537. The molecule has 11 aromatic carbocycles. The molecule has 0 bridgehead atoms. The van der Waals surface area contributed by atoms with Gasteiger partial charge in [0.25, 0.3) is 0 Å². The number of furan rings is 1. The second kappa shape index (κ2) is 15.2. The molecule has 3 heterocycles. The summed E-state index contributed by atoms with van der Waals surface area (Å²) in [7, 11) is 0. The average Bonchev–Trinajstić information content (AvgIpc) is 3.96. The normalized spacial score (nSPS) is 11.8. The molecule has 0 spiro atoms. The molecule has 0 amide bonds. The van der Waals surface area contributed by atoms with Crippen molar-refractivity contribution in [3.63, 3.8) is 0 Å². The molecule has 3 aromatic heterocycles. The van der Waals surface area contributed by atoms with Crippen LogP contribution in [0.2, 0.25) is 0 Å². The van der Waals surface area contributed by atoms with E-state index in [0.29, 0.717) is 17.5 Å². The summed E-state index contributed by atoms with van der Waals surface area (Å²) in [5.41, 5.74) is 11.9. The minimum Gasteiger partial charge on any atom is -0.455 e. The summed E-state index contributed by atoms with van der Waals surface area (Å²) >= 11 is 0. The van der Waals surface area contributed by atoms with Gasteiger partial charge in [-0.25, -0.2) is 15.0 Å². The second-order valence-corrected chi connectivity index (χ2v) is 17.5. The van der Waals surface area contributed by atoms with Crippen LogP contribution in [0.5, 0.6) is 0 Å². The first kappa shape index (κ1) is 38.1. The van der Waals surface area contributed by atoms with E-state index in [4.69, 9.17) is 19.4 Å². The van der Waals surface area contributed by atoms with E-state index >= 15 is 0 Å². The highest BCUT2D eigenvalue weighted by Gasteiger charge is 2.23. The Morgan fingerprint density at radius 2 is 0.868 bits per heavy atom. The van der Waals surface area contributed by atoms with Gasteiger partial charge in [-0.15, -0.1) is 0 Å². The third kappa shape index (κ3) is 6.06. The Hall–Kier alpha value is -9.19. The monoisotopic (exact) mass is 866 g/mol. The molecule has 14 aromatic rings. The molecule has 0 fully saturated rings. The van der Waals surface area contributed by atoms with Crippen molar-refractivity contribution in [3.05, 3.63) is 231 Å². The fraction of sp³-hybridized carbons (Fsp3) is 0. The Balaban J connectivity index is 1.03. The summed E-state index contributed by atoms with van der Waals surface area (Å²) in [6, 6.07) is 81.6. The number of rotatable bonds is 6. The molecule has 0 unspecified atom stereocenters. The lowest BCUT2D eigenvalue weighted by Gasteiger charge is -2.14. The molecule has 0 aliphatic rings. The van der Waals surface area contributed by atoms with Crippen LogP contribution in [0.15, 0.2) is 235 Å². The summed E-state index contributed by atoms with van der Waals surface area (Å²) in [4.78, 5) is 15.8. The highest BCUT2D eigenvalue weighted by atomic mass is 16.3. The molecular formula is C63H38N4O. The molecule has 0 radical (unpaired) electrons. The largest absolute Gasteiger partial charge is 0.455 e. The quantitative estimate of drug-likeness (QED) is 0.167. The van der Waals surface area contributed by atoms with E-state index in [9.17, 15) is 0 Å². The summed E-state index contributed by atoms with van der Waals surface area (Å²) in [6.07, 6.45) is 0. The Labute approximate surface area is 390 Å². The highest BCUT2D eigenvalue weighted by Crippen LogP contribution is 2.45. The van der Waals surface area contributed by atoms with Gasteiger partial charge in [0.15, 0.2) is 17.5 Å². The van der Waals surface area contributed by atoms with Crippen molar-refractivity contribution in [1.82, 2.24) is 19.5 Å². The van der Waals surface area contributed by atoms with E-state index in [0.717, 1.165) is 82.9 Å². The smallest absolute Gasteiger partial charge is 0.167 e. The molecule has 5 nitrogen and oxygen atoms in total.